The summed E-state index contributed by atoms with van der Waals surface area (Å²) in [6, 6.07) is 6.50. The van der Waals surface area contributed by atoms with Crippen molar-refractivity contribution in [1.29, 1.82) is 0 Å². The van der Waals surface area contributed by atoms with Gasteiger partial charge >= 0.3 is 6.03 Å². The SMILES string of the molecule is CCC(CSC)NC(=O)NC(CO)c1ccc(Cl)cc1. The molecule has 6 heteroatoms. The normalized spacial score (nSPS) is 13.6. The first-order valence-electron chi connectivity index (χ1n) is 6.53. The molecule has 0 radical (unpaired) electrons. The number of aliphatic hydroxyl groups excluding tert-OH is 1. The van der Waals surface area contributed by atoms with Crippen LogP contribution in [0.1, 0.15) is 24.9 Å². The average molecular weight is 317 g/mol. The van der Waals surface area contributed by atoms with E-state index in [1.54, 1.807) is 36.0 Å². The molecule has 1 aromatic rings. The van der Waals surface area contributed by atoms with Gasteiger partial charge in [0.25, 0.3) is 0 Å². The Morgan fingerprint density at radius 3 is 2.50 bits per heavy atom. The van der Waals surface area contributed by atoms with Crippen molar-refractivity contribution < 1.29 is 9.90 Å². The first-order chi connectivity index (χ1) is 9.60. The fourth-order valence-electron chi connectivity index (χ4n) is 1.78. The Morgan fingerprint density at radius 2 is 2.00 bits per heavy atom. The molecule has 0 heterocycles. The lowest BCUT2D eigenvalue weighted by molar-refractivity contribution is 0.214. The highest BCUT2D eigenvalue weighted by Crippen LogP contribution is 2.16. The second kappa shape index (κ2) is 9.10. The summed E-state index contributed by atoms with van der Waals surface area (Å²) >= 11 is 7.52. The summed E-state index contributed by atoms with van der Waals surface area (Å²) in [7, 11) is 0. The standard InChI is InChI=1S/C14H21ClN2O2S/c1-3-12(9-20-2)16-14(19)17-13(8-18)10-4-6-11(15)7-5-10/h4-7,12-13,18H,3,8-9H2,1-2H3,(H2,16,17,19). The van der Waals surface area contributed by atoms with Gasteiger partial charge in [-0.15, -0.1) is 0 Å². The van der Waals surface area contributed by atoms with Crippen LogP contribution >= 0.6 is 23.4 Å². The number of halogens is 1. The topological polar surface area (TPSA) is 61.4 Å². The van der Waals surface area contributed by atoms with Crippen LogP contribution in [0.3, 0.4) is 0 Å². The van der Waals surface area contributed by atoms with E-state index in [4.69, 9.17) is 11.6 Å². The number of carbonyl (C=O) groups is 1. The molecule has 0 aliphatic rings. The number of aliphatic hydroxyl groups is 1. The maximum Gasteiger partial charge on any atom is 0.315 e. The zero-order chi connectivity index (χ0) is 15.0. The predicted molar refractivity (Wildman–Crippen MR) is 85.4 cm³/mol. The molecule has 1 rings (SSSR count). The third-order valence-corrected chi connectivity index (χ3v) is 3.94. The molecule has 112 valence electrons. The van der Waals surface area contributed by atoms with Gasteiger partial charge in [-0.25, -0.2) is 4.79 Å². The van der Waals surface area contributed by atoms with Crippen LogP contribution in [0.4, 0.5) is 4.79 Å². The van der Waals surface area contributed by atoms with Crippen LogP contribution < -0.4 is 10.6 Å². The second-order valence-electron chi connectivity index (χ2n) is 4.47. The molecule has 0 saturated heterocycles. The van der Waals surface area contributed by atoms with Gasteiger partial charge in [-0.3, -0.25) is 0 Å². The van der Waals surface area contributed by atoms with Crippen LogP contribution in [-0.2, 0) is 0 Å². The average Bonchev–Trinajstić information content (AvgIpc) is 2.45. The second-order valence-corrected chi connectivity index (χ2v) is 5.81. The number of hydrogen-bond donors (Lipinski definition) is 3. The van der Waals surface area contributed by atoms with Gasteiger partial charge in [0.05, 0.1) is 12.6 Å². The highest BCUT2D eigenvalue weighted by molar-refractivity contribution is 7.98. The Labute approximate surface area is 129 Å². The molecule has 1 aromatic carbocycles. The smallest absolute Gasteiger partial charge is 0.315 e. The van der Waals surface area contributed by atoms with E-state index in [0.717, 1.165) is 17.7 Å². The van der Waals surface area contributed by atoms with Gasteiger partial charge in [-0.2, -0.15) is 11.8 Å². The maximum atomic E-state index is 11.9. The van der Waals surface area contributed by atoms with Crippen molar-refractivity contribution in [2.24, 2.45) is 0 Å². The van der Waals surface area contributed by atoms with Crippen LogP contribution in [0.2, 0.25) is 5.02 Å². The molecular formula is C14H21ClN2O2S. The third kappa shape index (κ3) is 5.61. The Morgan fingerprint density at radius 1 is 1.35 bits per heavy atom. The molecule has 0 bridgehead atoms. The monoisotopic (exact) mass is 316 g/mol. The number of amides is 2. The summed E-state index contributed by atoms with van der Waals surface area (Å²) in [6.45, 7) is 1.87. The van der Waals surface area contributed by atoms with Crippen molar-refractivity contribution in [2.45, 2.75) is 25.4 Å². The van der Waals surface area contributed by atoms with E-state index in [2.05, 4.69) is 10.6 Å². The van der Waals surface area contributed by atoms with Gasteiger partial charge in [0, 0.05) is 16.8 Å². The quantitative estimate of drug-likeness (QED) is 0.725. The number of hydrogen-bond acceptors (Lipinski definition) is 3. The van der Waals surface area contributed by atoms with Gasteiger partial charge in [0.15, 0.2) is 0 Å². The number of nitrogens with one attached hydrogen (secondary N) is 2. The molecule has 2 unspecified atom stereocenters. The van der Waals surface area contributed by atoms with E-state index in [1.165, 1.54) is 0 Å². The molecule has 4 nitrogen and oxygen atoms in total. The van der Waals surface area contributed by atoms with Crippen LogP contribution in [-0.4, -0.2) is 35.8 Å². The summed E-state index contributed by atoms with van der Waals surface area (Å²) < 4.78 is 0. The largest absolute Gasteiger partial charge is 0.394 e. The van der Waals surface area contributed by atoms with Gasteiger partial charge < -0.3 is 15.7 Å². The number of thioether (sulfide) groups is 1. The van der Waals surface area contributed by atoms with E-state index in [9.17, 15) is 9.90 Å². The molecule has 0 aliphatic carbocycles. The minimum atomic E-state index is -0.431. The molecule has 0 aromatic heterocycles. The number of benzene rings is 1. The van der Waals surface area contributed by atoms with Crippen LogP contribution in [0.5, 0.6) is 0 Å². The van der Waals surface area contributed by atoms with E-state index in [0.29, 0.717) is 5.02 Å². The van der Waals surface area contributed by atoms with Crippen LogP contribution in [0.15, 0.2) is 24.3 Å². The fraction of sp³-hybridized carbons (Fsp3) is 0.500. The molecule has 0 saturated carbocycles. The van der Waals surface area contributed by atoms with Gasteiger partial charge in [0.1, 0.15) is 0 Å². The van der Waals surface area contributed by atoms with Crippen LogP contribution in [0.25, 0.3) is 0 Å². The molecular weight excluding hydrogens is 296 g/mol. The lowest BCUT2D eigenvalue weighted by Gasteiger charge is -2.21. The molecule has 20 heavy (non-hydrogen) atoms. The van der Waals surface area contributed by atoms with Crippen molar-refractivity contribution >= 4 is 29.4 Å². The van der Waals surface area contributed by atoms with Crippen molar-refractivity contribution in [3.8, 4) is 0 Å². The molecule has 0 aliphatic heterocycles. The van der Waals surface area contributed by atoms with E-state index < -0.39 is 6.04 Å². The maximum absolute atomic E-state index is 11.9. The fourth-order valence-corrected chi connectivity index (χ4v) is 2.62. The lowest BCUT2D eigenvalue weighted by atomic mass is 10.1. The summed E-state index contributed by atoms with van der Waals surface area (Å²) in [4.78, 5) is 11.9. The summed E-state index contributed by atoms with van der Waals surface area (Å²) in [6.07, 6.45) is 2.88. The lowest BCUT2D eigenvalue weighted by Crippen LogP contribution is -2.45. The van der Waals surface area contributed by atoms with E-state index in [1.807, 2.05) is 13.2 Å². The zero-order valence-electron chi connectivity index (χ0n) is 11.7. The first kappa shape index (κ1) is 17.1. The number of urea groups is 1. The molecule has 3 N–H and O–H groups in total. The Hall–Kier alpha value is -0.910. The van der Waals surface area contributed by atoms with E-state index >= 15 is 0 Å². The Kier molecular flexibility index (Phi) is 7.80. The molecule has 0 spiro atoms. The van der Waals surface area contributed by atoms with Crippen molar-refractivity contribution in [3.05, 3.63) is 34.9 Å². The van der Waals surface area contributed by atoms with Gasteiger partial charge in [-0.1, -0.05) is 30.7 Å². The summed E-state index contributed by atoms with van der Waals surface area (Å²) in [5.41, 5.74) is 0.824. The Balaban J connectivity index is 2.59. The summed E-state index contributed by atoms with van der Waals surface area (Å²) in [5.74, 6) is 0.870. The third-order valence-electron chi connectivity index (χ3n) is 2.96. The Bertz CT molecular complexity index is 414. The van der Waals surface area contributed by atoms with Crippen molar-refractivity contribution in [3.63, 3.8) is 0 Å². The predicted octanol–water partition coefficient (Wildman–Crippen LogP) is 2.81. The number of rotatable bonds is 7. The van der Waals surface area contributed by atoms with Gasteiger partial charge in [-0.05, 0) is 30.4 Å². The van der Waals surface area contributed by atoms with Crippen molar-refractivity contribution in [2.75, 3.05) is 18.6 Å². The van der Waals surface area contributed by atoms with Crippen LogP contribution in [0, 0.1) is 0 Å². The van der Waals surface area contributed by atoms with Gasteiger partial charge in [0.2, 0.25) is 0 Å². The highest BCUT2D eigenvalue weighted by atomic mass is 35.5. The first-order valence-corrected chi connectivity index (χ1v) is 8.30. The minimum Gasteiger partial charge on any atom is -0.394 e. The summed E-state index contributed by atoms with van der Waals surface area (Å²) in [5, 5.41) is 15.7. The number of carbonyl (C=O) groups excluding carboxylic acids is 1. The highest BCUT2D eigenvalue weighted by Gasteiger charge is 2.15. The molecule has 2 amide bonds. The molecule has 0 fully saturated rings. The minimum absolute atomic E-state index is 0.134. The molecule has 2 atom stereocenters. The zero-order valence-corrected chi connectivity index (χ0v) is 13.3. The van der Waals surface area contributed by atoms with Crippen molar-refractivity contribution in [1.82, 2.24) is 10.6 Å². The van der Waals surface area contributed by atoms with E-state index in [-0.39, 0.29) is 18.7 Å².